The van der Waals surface area contributed by atoms with E-state index in [0.29, 0.717) is 30.4 Å². The number of carbonyl (C=O) groups is 1. The summed E-state index contributed by atoms with van der Waals surface area (Å²) in [6.07, 6.45) is 1.69. The molecule has 5 nitrogen and oxygen atoms in total. The second kappa shape index (κ2) is 7.17. The van der Waals surface area contributed by atoms with Gasteiger partial charge in [0.1, 0.15) is 5.82 Å². The number of thiophene rings is 1. The summed E-state index contributed by atoms with van der Waals surface area (Å²) in [6, 6.07) is 7.69. The van der Waals surface area contributed by atoms with Gasteiger partial charge >= 0.3 is 0 Å². The Bertz CT molecular complexity index is 928. The van der Waals surface area contributed by atoms with E-state index >= 15 is 0 Å². The first kappa shape index (κ1) is 17.2. The number of hydrogen-bond donors (Lipinski definition) is 0. The fraction of sp³-hybridized carbons (Fsp3) is 0.278. The van der Waals surface area contributed by atoms with Crippen molar-refractivity contribution >= 4 is 28.8 Å². The number of benzene rings is 1. The van der Waals surface area contributed by atoms with Crippen LogP contribution in [-0.4, -0.2) is 34.0 Å². The summed E-state index contributed by atoms with van der Waals surface area (Å²) < 4.78 is 18.7. The highest BCUT2D eigenvalue weighted by molar-refractivity contribution is 7.13. The van der Waals surface area contributed by atoms with E-state index in [2.05, 4.69) is 10.1 Å². The van der Waals surface area contributed by atoms with Gasteiger partial charge in [0, 0.05) is 13.1 Å². The van der Waals surface area contributed by atoms with E-state index in [1.165, 1.54) is 12.1 Å². The molecule has 0 bridgehead atoms. The van der Waals surface area contributed by atoms with Crippen LogP contribution < -0.4 is 0 Å². The monoisotopic (exact) mass is 391 g/mol. The topological polar surface area (TPSA) is 59.2 Å². The molecule has 0 spiro atoms. The summed E-state index contributed by atoms with van der Waals surface area (Å²) in [5.74, 6) is 0.414. The summed E-state index contributed by atoms with van der Waals surface area (Å²) in [5, 5.41) is 6.12. The SMILES string of the molecule is O=C(c1ccc(F)cc1Cl)N1CCCC(c2nc(-c3cccs3)no2)C1. The van der Waals surface area contributed by atoms with E-state index in [9.17, 15) is 9.18 Å². The Morgan fingerprint density at radius 2 is 2.27 bits per heavy atom. The fourth-order valence-corrected chi connectivity index (χ4v) is 4.00. The lowest BCUT2D eigenvalue weighted by Crippen LogP contribution is -2.39. The smallest absolute Gasteiger partial charge is 0.255 e. The molecule has 134 valence electrons. The fourth-order valence-electron chi connectivity index (χ4n) is 3.10. The number of nitrogens with zero attached hydrogens (tertiary/aromatic N) is 3. The van der Waals surface area contributed by atoms with Crippen LogP contribution in [0.3, 0.4) is 0 Å². The molecule has 26 heavy (non-hydrogen) atoms. The minimum Gasteiger partial charge on any atom is -0.339 e. The molecular formula is C18H15ClFN3O2S. The zero-order valence-electron chi connectivity index (χ0n) is 13.7. The molecule has 0 radical (unpaired) electrons. The van der Waals surface area contributed by atoms with Gasteiger partial charge in [0.2, 0.25) is 11.7 Å². The first-order valence-corrected chi connectivity index (χ1v) is 9.49. The Hall–Kier alpha value is -2.25. The number of amides is 1. The van der Waals surface area contributed by atoms with Crippen molar-refractivity contribution in [3.8, 4) is 10.7 Å². The quantitative estimate of drug-likeness (QED) is 0.654. The van der Waals surface area contributed by atoms with Crippen molar-refractivity contribution in [1.29, 1.82) is 0 Å². The third-order valence-corrected chi connectivity index (χ3v) is 5.58. The molecule has 0 saturated carbocycles. The van der Waals surface area contributed by atoms with Crippen molar-refractivity contribution in [2.75, 3.05) is 13.1 Å². The summed E-state index contributed by atoms with van der Waals surface area (Å²) in [7, 11) is 0. The highest BCUT2D eigenvalue weighted by Gasteiger charge is 2.30. The van der Waals surface area contributed by atoms with Crippen molar-refractivity contribution in [3.63, 3.8) is 0 Å². The largest absolute Gasteiger partial charge is 0.339 e. The summed E-state index contributed by atoms with van der Waals surface area (Å²) in [5.41, 5.74) is 0.304. The van der Waals surface area contributed by atoms with E-state index in [1.54, 1.807) is 16.2 Å². The second-order valence-corrected chi connectivity index (χ2v) is 7.50. The van der Waals surface area contributed by atoms with E-state index in [1.807, 2.05) is 17.5 Å². The van der Waals surface area contributed by atoms with E-state index in [-0.39, 0.29) is 16.8 Å². The minimum atomic E-state index is -0.463. The lowest BCUT2D eigenvalue weighted by atomic mass is 9.97. The first-order chi connectivity index (χ1) is 12.6. The predicted molar refractivity (Wildman–Crippen MR) is 96.9 cm³/mol. The van der Waals surface area contributed by atoms with Crippen LogP contribution >= 0.6 is 22.9 Å². The molecule has 0 aliphatic carbocycles. The zero-order valence-corrected chi connectivity index (χ0v) is 15.3. The van der Waals surface area contributed by atoms with Gasteiger partial charge in [0.15, 0.2) is 0 Å². The maximum Gasteiger partial charge on any atom is 0.255 e. The zero-order chi connectivity index (χ0) is 18.1. The van der Waals surface area contributed by atoms with Crippen LogP contribution in [0.1, 0.15) is 35.0 Å². The maximum atomic E-state index is 13.2. The molecule has 3 heterocycles. The molecule has 1 unspecified atom stereocenters. The van der Waals surface area contributed by atoms with E-state index in [0.717, 1.165) is 23.8 Å². The standard InChI is InChI=1S/C18H15ClFN3O2S/c19-14-9-12(20)5-6-13(14)18(24)23-7-1-3-11(10-23)17-21-16(22-25-17)15-4-2-8-26-15/h2,4-6,8-9,11H,1,3,7,10H2. The van der Waals surface area contributed by atoms with Gasteiger partial charge in [-0.05, 0) is 42.5 Å². The molecule has 1 fully saturated rings. The van der Waals surface area contributed by atoms with Crippen LogP contribution in [0, 0.1) is 5.82 Å². The number of likely N-dealkylation sites (tertiary alicyclic amines) is 1. The molecule has 1 aliphatic rings. The minimum absolute atomic E-state index is 0.0202. The average molecular weight is 392 g/mol. The van der Waals surface area contributed by atoms with Gasteiger partial charge in [-0.15, -0.1) is 11.3 Å². The molecule has 1 aliphatic heterocycles. The number of rotatable bonds is 3. The van der Waals surface area contributed by atoms with Crippen molar-refractivity contribution in [1.82, 2.24) is 15.0 Å². The molecule has 1 saturated heterocycles. The Morgan fingerprint density at radius 1 is 1.38 bits per heavy atom. The van der Waals surface area contributed by atoms with Gasteiger partial charge in [-0.2, -0.15) is 4.98 Å². The molecule has 0 N–H and O–H groups in total. The summed E-state index contributed by atoms with van der Waals surface area (Å²) in [4.78, 5) is 19.9. The number of aromatic nitrogens is 2. The Kier molecular flexibility index (Phi) is 4.74. The van der Waals surface area contributed by atoms with Crippen molar-refractivity contribution in [2.24, 2.45) is 0 Å². The van der Waals surface area contributed by atoms with Gasteiger partial charge in [-0.25, -0.2) is 4.39 Å². The maximum absolute atomic E-state index is 13.2. The van der Waals surface area contributed by atoms with Crippen molar-refractivity contribution < 1.29 is 13.7 Å². The molecule has 1 atom stereocenters. The number of carbonyl (C=O) groups excluding carboxylic acids is 1. The van der Waals surface area contributed by atoms with Crippen molar-refractivity contribution in [3.05, 3.63) is 58.0 Å². The third-order valence-electron chi connectivity index (χ3n) is 4.40. The van der Waals surface area contributed by atoms with Crippen LogP contribution in [0.25, 0.3) is 10.7 Å². The van der Waals surface area contributed by atoms with Gasteiger partial charge in [-0.1, -0.05) is 22.8 Å². The van der Waals surface area contributed by atoms with Crippen LogP contribution in [0.5, 0.6) is 0 Å². The molecule has 3 aromatic rings. The number of piperidine rings is 1. The third kappa shape index (κ3) is 3.37. The van der Waals surface area contributed by atoms with Gasteiger partial charge in [0.05, 0.1) is 21.4 Å². The Morgan fingerprint density at radius 3 is 3.04 bits per heavy atom. The van der Waals surface area contributed by atoms with Crippen molar-refractivity contribution in [2.45, 2.75) is 18.8 Å². The molecule has 8 heteroatoms. The average Bonchev–Trinajstić information content (AvgIpc) is 3.33. The summed E-state index contributed by atoms with van der Waals surface area (Å²) in [6.45, 7) is 1.09. The Balaban J connectivity index is 1.51. The molecular weight excluding hydrogens is 377 g/mol. The first-order valence-electron chi connectivity index (χ1n) is 8.23. The van der Waals surface area contributed by atoms with Crippen LogP contribution in [-0.2, 0) is 0 Å². The van der Waals surface area contributed by atoms with Gasteiger partial charge in [-0.3, -0.25) is 4.79 Å². The lowest BCUT2D eigenvalue weighted by Gasteiger charge is -2.31. The normalized spacial score (nSPS) is 17.5. The number of hydrogen-bond acceptors (Lipinski definition) is 5. The van der Waals surface area contributed by atoms with Crippen LogP contribution in [0.2, 0.25) is 5.02 Å². The Labute approximate surface area is 158 Å². The molecule has 4 rings (SSSR count). The summed E-state index contributed by atoms with van der Waals surface area (Å²) >= 11 is 7.58. The second-order valence-electron chi connectivity index (χ2n) is 6.15. The predicted octanol–water partition coefficient (Wildman–Crippen LogP) is 4.61. The van der Waals surface area contributed by atoms with Gasteiger partial charge < -0.3 is 9.42 Å². The molecule has 2 aromatic heterocycles. The van der Waals surface area contributed by atoms with Crippen LogP contribution in [0.15, 0.2) is 40.2 Å². The molecule has 1 aromatic carbocycles. The number of halogens is 2. The highest BCUT2D eigenvalue weighted by Crippen LogP contribution is 2.30. The van der Waals surface area contributed by atoms with Crippen LogP contribution in [0.4, 0.5) is 4.39 Å². The lowest BCUT2D eigenvalue weighted by molar-refractivity contribution is 0.0696. The molecule has 1 amide bonds. The van der Waals surface area contributed by atoms with Gasteiger partial charge in [0.25, 0.3) is 5.91 Å². The van der Waals surface area contributed by atoms with E-state index < -0.39 is 5.82 Å². The highest BCUT2D eigenvalue weighted by atomic mass is 35.5. The van der Waals surface area contributed by atoms with E-state index in [4.69, 9.17) is 16.1 Å².